The second-order valence-electron chi connectivity index (χ2n) is 3.55. The van der Waals surface area contributed by atoms with Crippen molar-refractivity contribution in [1.29, 1.82) is 0 Å². The number of aliphatic imine (C=N–C) groups is 1. The van der Waals surface area contributed by atoms with Crippen LogP contribution in [0.25, 0.3) is 0 Å². The van der Waals surface area contributed by atoms with Gasteiger partial charge in [-0.25, -0.2) is 4.99 Å². The van der Waals surface area contributed by atoms with Crippen LogP contribution in [0.4, 0.5) is 13.2 Å². The van der Waals surface area contributed by atoms with Crippen molar-refractivity contribution in [2.75, 3.05) is 6.54 Å². The average Bonchev–Trinajstić information content (AvgIpc) is 2.15. The predicted molar refractivity (Wildman–Crippen MR) is 51.7 cm³/mol. The molecule has 2 N–H and O–H groups in total. The highest BCUT2D eigenvalue weighted by Gasteiger charge is 2.43. The maximum absolute atomic E-state index is 12.4. The first kappa shape index (κ1) is 11.5. The van der Waals surface area contributed by atoms with Crippen molar-refractivity contribution >= 4 is 17.6 Å². The third kappa shape index (κ3) is 2.10. The van der Waals surface area contributed by atoms with E-state index in [2.05, 4.69) is 10.3 Å². The normalized spacial score (nSPS) is 30.2. The van der Waals surface area contributed by atoms with Gasteiger partial charge in [0, 0.05) is 6.54 Å². The molecule has 0 bridgehead atoms. The molecule has 0 spiro atoms. The number of fused-ring (bicyclic) bond motifs is 1. The average molecular weight is 256 g/mol. The molecule has 0 aliphatic carbocycles. The van der Waals surface area contributed by atoms with E-state index < -0.39 is 18.4 Å². The van der Waals surface area contributed by atoms with E-state index in [1.165, 1.54) is 11.0 Å². The second-order valence-corrected chi connectivity index (χ2v) is 3.95. The number of hydrogen-bond acceptors (Lipinski definition) is 4. The summed E-state index contributed by atoms with van der Waals surface area (Å²) in [7, 11) is 0. The number of nitrogens with one attached hydrogen (secondary N) is 1. The zero-order valence-electron chi connectivity index (χ0n) is 8.00. The molecule has 16 heavy (non-hydrogen) atoms. The van der Waals surface area contributed by atoms with Crippen LogP contribution >= 0.6 is 11.6 Å². The van der Waals surface area contributed by atoms with Crippen LogP contribution in [0.3, 0.4) is 0 Å². The van der Waals surface area contributed by atoms with Crippen molar-refractivity contribution in [2.24, 2.45) is 4.99 Å². The van der Waals surface area contributed by atoms with Crippen LogP contribution in [0.5, 0.6) is 0 Å². The molecular formula is C8H9ClF3N3O. The summed E-state index contributed by atoms with van der Waals surface area (Å²) in [6.45, 7) is 0.0812. The molecular weight excluding hydrogens is 247 g/mol. The molecule has 0 saturated heterocycles. The van der Waals surface area contributed by atoms with Gasteiger partial charge >= 0.3 is 6.18 Å². The number of guanidine groups is 1. The minimum atomic E-state index is -4.36. The zero-order valence-corrected chi connectivity index (χ0v) is 8.76. The van der Waals surface area contributed by atoms with Gasteiger partial charge in [-0.2, -0.15) is 13.2 Å². The van der Waals surface area contributed by atoms with E-state index in [1.54, 1.807) is 0 Å². The molecule has 0 amide bonds. The number of alkyl halides is 3. The molecule has 2 atom stereocenters. The molecule has 2 heterocycles. The third-order valence-electron chi connectivity index (χ3n) is 2.42. The molecule has 2 unspecified atom stereocenters. The lowest BCUT2D eigenvalue weighted by Crippen LogP contribution is -2.54. The number of aliphatic hydroxyl groups excluding tert-OH is 1. The van der Waals surface area contributed by atoms with Crippen molar-refractivity contribution in [3.8, 4) is 0 Å². The number of halogens is 4. The topological polar surface area (TPSA) is 47.9 Å². The highest BCUT2D eigenvalue weighted by Crippen LogP contribution is 2.29. The van der Waals surface area contributed by atoms with Gasteiger partial charge in [-0.05, 0) is 12.5 Å². The van der Waals surface area contributed by atoms with Crippen molar-refractivity contribution < 1.29 is 18.3 Å². The van der Waals surface area contributed by atoms with Crippen LogP contribution < -0.4 is 5.32 Å². The lowest BCUT2D eigenvalue weighted by atomic mass is 10.1. The Balaban J connectivity index is 2.24. The van der Waals surface area contributed by atoms with Gasteiger partial charge in [0.2, 0.25) is 5.96 Å². The van der Waals surface area contributed by atoms with Crippen LogP contribution in [-0.2, 0) is 0 Å². The Hall–Kier alpha value is -0.950. The minimum absolute atomic E-state index is 0.0337. The molecule has 0 saturated carbocycles. The Morgan fingerprint density at radius 1 is 1.56 bits per heavy atom. The monoisotopic (exact) mass is 255 g/mol. The molecule has 0 fully saturated rings. The van der Waals surface area contributed by atoms with E-state index in [-0.39, 0.29) is 24.1 Å². The molecule has 90 valence electrons. The summed E-state index contributed by atoms with van der Waals surface area (Å²) < 4.78 is 37.3. The lowest BCUT2D eigenvalue weighted by Gasteiger charge is -2.38. The summed E-state index contributed by atoms with van der Waals surface area (Å²) in [6, 6.07) is -1.74. The van der Waals surface area contributed by atoms with Crippen LogP contribution in [0.2, 0.25) is 0 Å². The Kier molecular flexibility index (Phi) is 2.75. The number of nitrogens with zero attached hydrogens (tertiary/aromatic N) is 2. The Bertz CT molecular complexity index is 355. The molecule has 2 rings (SSSR count). The SMILES string of the molecule is OC1C=C(Cl)NC2=NC(C(F)(F)F)CCN21. The fraction of sp³-hybridized carbons (Fsp3) is 0.625. The van der Waals surface area contributed by atoms with E-state index >= 15 is 0 Å². The van der Waals surface area contributed by atoms with E-state index in [0.29, 0.717) is 0 Å². The maximum Gasteiger partial charge on any atom is 0.410 e. The molecule has 4 nitrogen and oxygen atoms in total. The summed E-state index contributed by atoms with van der Waals surface area (Å²) in [4.78, 5) is 4.82. The van der Waals surface area contributed by atoms with Crippen LogP contribution in [-0.4, -0.2) is 41.0 Å². The molecule has 8 heteroatoms. The summed E-state index contributed by atoms with van der Waals surface area (Å²) in [6.07, 6.45) is -4.26. The van der Waals surface area contributed by atoms with Gasteiger partial charge < -0.3 is 15.3 Å². The first-order valence-corrected chi connectivity index (χ1v) is 4.99. The number of rotatable bonds is 0. The summed E-state index contributed by atoms with van der Waals surface area (Å²) >= 11 is 5.59. The van der Waals surface area contributed by atoms with Gasteiger partial charge in [0.05, 0.1) is 0 Å². The number of aliphatic hydroxyl groups is 1. The summed E-state index contributed by atoms with van der Waals surface area (Å²) in [5.41, 5.74) is 0. The van der Waals surface area contributed by atoms with E-state index in [9.17, 15) is 18.3 Å². The van der Waals surface area contributed by atoms with Crippen LogP contribution in [0.1, 0.15) is 6.42 Å². The Labute approximate surface area is 94.4 Å². The van der Waals surface area contributed by atoms with Gasteiger partial charge in [-0.1, -0.05) is 11.6 Å². The molecule has 0 radical (unpaired) electrons. The maximum atomic E-state index is 12.4. The van der Waals surface area contributed by atoms with E-state index in [0.717, 1.165) is 0 Å². The Morgan fingerprint density at radius 3 is 2.88 bits per heavy atom. The standard InChI is InChI=1S/C8H9ClF3N3O/c9-5-3-6(16)15-2-1-4(8(10,11)12)13-7(15)14-5/h3-4,6,16H,1-2H2,(H,13,14). The first-order chi connectivity index (χ1) is 7.38. The smallest absolute Gasteiger partial charge is 0.370 e. The Morgan fingerprint density at radius 2 is 2.25 bits per heavy atom. The molecule has 0 aromatic heterocycles. The fourth-order valence-corrected chi connectivity index (χ4v) is 1.82. The quantitative estimate of drug-likeness (QED) is 0.635. The third-order valence-corrected chi connectivity index (χ3v) is 2.64. The lowest BCUT2D eigenvalue weighted by molar-refractivity contribution is -0.151. The van der Waals surface area contributed by atoms with Crippen LogP contribution in [0, 0.1) is 0 Å². The molecule has 2 aliphatic rings. The largest absolute Gasteiger partial charge is 0.410 e. The van der Waals surface area contributed by atoms with Crippen molar-refractivity contribution in [3.63, 3.8) is 0 Å². The molecule has 0 aromatic carbocycles. The van der Waals surface area contributed by atoms with Crippen molar-refractivity contribution in [2.45, 2.75) is 24.9 Å². The first-order valence-electron chi connectivity index (χ1n) is 4.61. The van der Waals surface area contributed by atoms with Crippen molar-refractivity contribution in [3.05, 3.63) is 11.2 Å². The van der Waals surface area contributed by atoms with E-state index in [4.69, 9.17) is 11.6 Å². The van der Waals surface area contributed by atoms with E-state index in [1.807, 2.05) is 0 Å². The highest BCUT2D eigenvalue weighted by atomic mass is 35.5. The number of hydrogen-bond donors (Lipinski definition) is 2. The molecule has 2 aliphatic heterocycles. The van der Waals surface area contributed by atoms with Gasteiger partial charge in [0.1, 0.15) is 5.16 Å². The van der Waals surface area contributed by atoms with Crippen LogP contribution in [0.15, 0.2) is 16.2 Å². The highest BCUT2D eigenvalue weighted by molar-refractivity contribution is 6.30. The zero-order chi connectivity index (χ0) is 11.9. The van der Waals surface area contributed by atoms with Gasteiger partial charge in [0.25, 0.3) is 0 Å². The summed E-state index contributed by atoms with van der Waals surface area (Å²) in [5.74, 6) is -0.0337. The van der Waals surface area contributed by atoms with Gasteiger partial charge in [-0.15, -0.1) is 0 Å². The minimum Gasteiger partial charge on any atom is -0.370 e. The molecule has 0 aromatic rings. The fourth-order valence-electron chi connectivity index (χ4n) is 1.62. The van der Waals surface area contributed by atoms with Gasteiger partial charge in [-0.3, -0.25) is 0 Å². The second kappa shape index (κ2) is 3.81. The summed E-state index contributed by atoms with van der Waals surface area (Å²) in [5, 5.41) is 12.1. The van der Waals surface area contributed by atoms with Gasteiger partial charge in [0.15, 0.2) is 12.3 Å². The predicted octanol–water partition coefficient (Wildman–Crippen LogP) is 0.981. The van der Waals surface area contributed by atoms with Crippen molar-refractivity contribution in [1.82, 2.24) is 10.2 Å².